The lowest BCUT2D eigenvalue weighted by molar-refractivity contribution is -0.141. The van der Waals surface area contributed by atoms with Crippen LogP contribution < -0.4 is 0 Å². The van der Waals surface area contributed by atoms with E-state index in [9.17, 15) is 9.59 Å². The standard InChI is InChI=1S/C21H16Cl2N4O3/c22-13-2-3-14(15(23)10-13)17-11-19(27(26-17)20(28)5-6-21(29)30)12-1-4-16-18(9-12)25-8-7-24-16/h1-4,7-10,19H,5-6,11H2,(H,29,30). The van der Waals surface area contributed by atoms with E-state index >= 15 is 0 Å². The van der Waals surface area contributed by atoms with Gasteiger partial charge in [-0.25, -0.2) is 5.01 Å². The zero-order valence-electron chi connectivity index (χ0n) is 15.6. The summed E-state index contributed by atoms with van der Waals surface area (Å²) in [6.07, 6.45) is 3.23. The number of carboxylic acids is 1. The fourth-order valence-electron chi connectivity index (χ4n) is 3.40. The molecule has 0 radical (unpaired) electrons. The number of benzene rings is 2. The molecule has 1 N–H and O–H groups in total. The Morgan fingerprint density at radius 1 is 1.03 bits per heavy atom. The van der Waals surface area contributed by atoms with Crippen LogP contribution in [0.3, 0.4) is 0 Å². The number of hydrazone groups is 1. The zero-order valence-corrected chi connectivity index (χ0v) is 17.1. The molecule has 30 heavy (non-hydrogen) atoms. The van der Waals surface area contributed by atoms with E-state index in [4.69, 9.17) is 28.3 Å². The van der Waals surface area contributed by atoms with Gasteiger partial charge in [0.25, 0.3) is 0 Å². The third kappa shape index (κ3) is 4.13. The topological polar surface area (TPSA) is 95.8 Å². The predicted octanol–water partition coefficient (Wildman–Crippen LogP) is 4.48. The van der Waals surface area contributed by atoms with Crippen molar-refractivity contribution >= 4 is 51.8 Å². The summed E-state index contributed by atoms with van der Waals surface area (Å²) in [6.45, 7) is 0. The minimum absolute atomic E-state index is 0.148. The van der Waals surface area contributed by atoms with Gasteiger partial charge >= 0.3 is 5.97 Å². The number of halogens is 2. The first-order chi connectivity index (χ1) is 14.4. The number of carbonyl (C=O) groups excluding carboxylic acids is 1. The first-order valence-corrected chi connectivity index (χ1v) is 9.95. The minimum atomic E-state index is -1.04. The highest BCUT2D eigenvalue weighted by Gasteiger charge is 2.34. The molecular formula is C21H16Cl2N4O3. The van der Waals surface area contributed by atoms with Crippen molar-refractivity contribution in [3.05, 3.63) is 70.0 Å². The van der Waals surface area contributed by atoms with Gasteiger partial charge in [0.15, 0.2) is 0 Å². The van der Waals surface area contributed by atoms with Crippen molar-refractivity contribution < 1.29 is 14.7 Å². The van der Waals surface area contributed by atoms with E-state index in [1.807, 2.05) is 18.2 Å². The maximum Gasteiger partial charge on any atom is 0.303 e. The van der Waals surface area contributed by atoms with E-state index in [1.54, 1.807) is 30.6 Å². The lowest BCUT2D eigenvalue weighted by Crippen LogP contribution is -2.27. The van der Waals surface area contributed by atoms with Crippen LogP contribution >= 0.6 is 23.2 Å². The van der Waals surface area contributed by atoms with Gasteiger partial charge in [0.2, 0.25) is 5.91 Å². The molecule has 2 aromatic carbocycles. The lowest BCUT2D eigenvalue weighted by atomic mass is 9.97. The number of amides is 1. The Balaban J connectivity index is 1.71. The Hall–Kier alpha value is -3.03. The van der Waals surface area contributed by atoms with Crippen LogP contribution in [0.25, 0.3) is 11.0 Å². The fourth-order valence-corrected chi connectivity index (χ4v) is 3.92. The van der Waals surface area contributed by atoms with Gasteiger partial charge < -0.3 is 5.11 Å². The summed E-state index contributed by atoms with van der Waals surface area (Å²) in [6, 6.07) is 10.3. The number of carboxylic acid groups (broad SMARTS) is 1. The molecule has 0 aliphatic carbocycles. The van der Waals surface area contributed by atoms with E-state index in [0.29, 0.717) is 33.3 Å². The Labute approximate surface area is 182 Å². The number of hydrogen-bond donors (Lipinski definition) is 1. The second kappa shape index (κ2) is 8.38. The van der Waals surface area contributed by atoms with Crippen LogP contribution in [-0.4, -0.2) is 37.7 Å². The molecule has 0 bridgehead atoms. The summed E-state index contributed by atoms with van der Waals surface area (Å²) in [5, 5.41) is 15.7. The van der Waals surface area contributed by atoms with Crippen molar-refractivity contribution in [2.75, 3.05) is 0 Å². The molecule has 1 unspecified atom stereocenters. The fraction of sp³-hybridized carbons (Fsp3) is 0.190. The van der Waals surface area contributed by atoms with E-state index < -0.39 is 12.0 Å². The molecule has 1 aromatic heterocycles. The molecule has 0 saturated heterocycles. The van der Waals surface area contributed by atoms with Crippen molar-refractivity contribution in [1.29, 1.82) is 0 Å². The number of hydrogen-bond acceptors (Lipinski definition) is 5. The Morgan fingerprint density at radius 3 is 2.53 bits per heavy atom. The van der Waals surface area contributed by atoms with Gasteiger partial charge in [-0.2, -0.15) is 5.10 Å². The van der Waals surface area contributed by atoms with E-state index in [-0.39, 0.29) is 18.7 Å². The third-order valence-corrected chi connectivity index (χ3v) is 5.39. The molecule has 0 spiro atoms. The highest BCUT2D eigenvalue weighted by atomic mass is 35.5. The molecule has 2 heterocycles. The highest BCUT2D eigenvalue weighted by molar-refractivity contribution is 6.37. The van der Waals surface area contributed by atoms with Gasteiger partial charge in [-0.3, -0.25) is 19.6 Å². The average molecular weight is 443 g/mol. The molecule has 7 nitrogen and oxygen atoms in total. The molecule has 1 aliphatic heterocycles. The summed E-state index contributed by atoms with van der Waals surface area (Å²) in [4.78, 5) is 32.3. The van der Waals surface area contributed by atoms with Crippen molar-refractivity contribution in [2.24, 2.45) is 5.10 Å². The van der Waals surface area contributed by atoms with Crippen molar-refractivity contribution in [1.82, 2.24) is 15.0 Å². The van der Waals surface area contributed by atoms with E-state index in [0.717, 1.165) is 11.1 Å². The summed E-state index contributed by atoms with van der Waals surface area (Å²) >= 11 is 12.3. The van der Waals surface area contributed by atoms with Gasteiger partial charge in [-0.05, 0) is 29.8 Å². The van der Waals surface area contributed by atoms with Crippen LogP contribution in [-0.2, 0) is 9.59 Å². The van der Waals surface area contributed by atoms with Gasteiger partial charge in [-0.1, -0.05) is 35.3 Å². The molecule has 9 heteroatoms. The SMILES string of the molecule is O=C(O)CCC(=O)N1N=C(c2ccc(Cl)cc2Cl)CC1c1ccc2nccnc2c1. The molecule has 152 valence electrons. The highest BCUT2D eigenvalue weighted by Crippen LogP contribution is 2.36. The molecular weight excluding hydrogens is 427 g/mol. The molecule has 1 amide bonds. The summed E-state index contributed by atoms with van der Waals surface area (Å²) < 4.78 is 0. The largest absolute Gasteiger partial charge is 0.481 e. The van der Waals surface area contributed by atoms with Gasteiger partial charge in [0, 0.05) is 35.8 Å². The zero-order chi connectivity index (χ0) is 21.3. The van der Waals surface area contributed by atoms with Crippen LogP contribution in [0.1, 0.15) is 36.4 Å². The number of rotatable bonds is 5. The third-order valence-electron chi connectivity index (χ3n) is 4.84. The normalized spacial score (nSPS) is 16.0. The van der Waals surface area contributed by atoms with Crippen LogP contribution in [0.4, 0.5) is 0 Å². The smallest absolute Gasteiger partial charge is 0.303 e. The molecule has 4 rings (SSSR count). The van der Waals surface area contributed by atoms with Crippen LogP contribution in [0, 0.1) is 0 Å². The van der Waals surface area contributed by atoms with E-state index in [1.165, 1.54) is 5.01 Å². The molecule has 1 aliphatic rings. The molecule has 0 fully saturated rings. The van der Waals surface area contributed by atoms with Gasteiger partial charge in [0.1, 0.15) is 0 Å². The Morgan fingerprint density at radius 2 is 1.80 bits per heavy atom. The molecule has 3 aromatic rings. The monoisotopic (exact) mass is 442 g/mol. The second-order valence-electron chi connectivity index (χ2n) is 6.83. The first-order valence-electron chi connectivity index (χ1n) is 9.20. The summed E-state index contributed by atoms with van der Waals surface area (Å²) in [7, 11) is 0. The number of carbonyl (C=O) groups is 2. The van der Waals surface area contributed by atoms with E-state index in [2.05, 4.69) is 15.1 Å². The number of aromatic nitrogens is 2. The van der Waals surface area contributed by atoms with Gasteiger partial charge in [0.05, 0.1) is 34.2 Å². The van der Waals surface area contributed by atoms with Crippen molar-refractivity contribution in [3.8, 4) is 0 Å². The maximum absolute atomic E-state index is 12.8. The van der Waals surface area contributed by atoms with Crippen molar-refractivity contribution in [3.63, 3.8) is 0 Å². The summed E-state index contributed by atoms with van der Waals surface area (Å²) in [5.74, 6) is -1.41. The van der Waals surface area contributed by atoms with Crippen LogP contribution in [0.5, 0.6) is 0 Å². The van der Waals surface area contributed by atoms with Crippen LogP contribution in [0.15, 0.2) is 53.9 Å². The molecule has 0 saturated carbocycles. The van der Waals surface area contributed by atoms with Crippen molar-refractivity contribution in [2.45, 2.75) is 25.3 Å². The lowest BCUT2D eigenvalue weighted by Gasteiger charge is -2.22. The number of nitrogens with zero attached hydrogens (tertiary/aromatic N) is 4. The Bertz CT molecular complexity index is 1180. The van der Waals surface area contributed by atoms with Crippen LogP contribution in [0.2, 0.25) is 10.0 Å². The minimum Gasteiger partial charge on any atom is -0.481 e. The number of fused-ring (bicyclic) bond motifs is 1. The van der Waals surface area contributed by atoms with Gasteiger partial charge in [-0.15, -0.1) is 0 Å². The Kier molecular flexibility index (Phi) is 5.65. The second-order valence-corrected chi connectivity index (χ2v) is 7.67. The first kappa shape index (κ1) is 20.3. The average Bonchev–Trinajstić information content (AvgIpc) is 3.17. The number of aliphatic carboxylic acids is 1. The summed E-state index contributed by atoms with van der Waals surface area (Å²) in [5.41, 5.74) is 3.58. The quantitative estimate of drug-likeness (QED) is 0.628. The molecule has 1 atom stereocenters. The predicted molar refractivity (Wildman–Crippen MR) is 114 cm³/mol. The maximum atomic E-state index is 12.8.